The highest BCUT2D eigenvalue weighted by Crippen LogP contribution is 2.26. The number of nitrogens with two attached hydrogens (primary N) is 2. The Labute approximate surface area is 225 Å². The normalized spacial score (nSPS) is 14.1. The van der Waals surface area contributed by atoms with E-state index in [9.17, 15) is 4.79 Å². The summed E-state index contributed by atoms with van der Waals surface area (Å²) in [5, 5.41) is 3.12. The molecule has 13 nitrogen and oxygen atoms in total. The average molecular weight is 611 g/mol. The summed E-state index contributed by atoms with van der Waals surface area (Å²) in [6.07, 6.45) is 0.625. The van der Waals surface area contributed by atoms with Crippen LogP contribution in [0.3, 0.4) is 0 Å². The minimum atomic E-state index is -0.696. The number of hydrogen-bond acceptors (Lipinski definition) is 10. The summed E-state index contributed by atoms with van der Waals surface area (Å²) in [7, 11) is 4.04. The fourth-order valence-electron chi connectivity index (χ4n) is 3.77. The Balaban J connectivity index is 2.07. The third-order valence-corrected chi connectivity index (χ3v) is 6.23. The number of halogens is 1. The van der Waals surface area contributed by atoms with Crippen LogP contribution in [0.2, 0.25) is 0 Å². The van der Waals surface area contributed by atoms with Crippen LogP contribution in [0.25, 0.3) is 0 Å². The van der Waals surface area contributed by atoms with Crippen LogP contribution in [0.1, 0.15) is 42.8 Å². The Kier molecular flexibility index (Phi) is 9.53. The van der Waals surface area contributed by atoms with Gasteiger partial charge in [-0.25, -0.2) is 9.97 Å². The first-order valence-electron chi connectivity index (χ1n) is 11.9. The van der Waals surface area contributed by atoms with E-state index in [1.807, 2.05) is 18.9 Å². The fraction of sp³-hybridized carbons (Fsp3) is 0.591. The zero-order valence-corrected chi connectivity index (χ0v) is 23.7. The van der Waals surface area contributed by atoms with E-state index in [4.69, 9.17) is 16.5 Å². The van der Waals surface area contributed by atoms with Crippen molar-refractivity contribution in [2.24, 2.45) is 22.4 Å². The number of piperazine rings is 1. The van der Waals surface area contributed by atoms with Crippen molar-refractivity contribution >= 4 is 58.0 Å². The highest BCUT2D eigenvalue weighted by molar-refractivity contribution is 14.1. The molecule has 14 heteroatoms. The molecular formula is C22H35IN12O. The molecule has 0 bridgehead atoms. The van der Waals surface area contributed by atoms with Gasteiger partial charge in [0.25, 0.3) is 0 Å². The van der Waals surface area contributed by atoms with E-state index in [1.54, 1.807) is 0 Å². The zero-order valence-electron chi connectivity index (χ0n) is 21.5. The number of carbonyl (C=O) groups excluding carboxylic acids is 1. The van der Waals surface area contributed by atoms with Crippen LogP contribution in [0.5, 0.6) is 0 Å². The van der Waals surface area contributed by atoms with Gasteiger partial charge in [0.05, 0.1) is 5.69 Å². The van der Waals surface area contributed by atoms with Crippen LogP contribution >= 0.6 is 22.6 Å². The van der Waals surface area contributed by atoms with Gasteiger partial charge in [-0.3, -0.25) is 4.79 Å². The van der Waals surface area contributed by atoms with Gasteiger partial charge < -0.3 is 31.5 Å². The Morgan fingerprint density at radius 3 is 2.42 bits per heavy atom. The van der Waals surface area contributed by atoms with Gasteiger partial charge in [0.2, 0.25) is 11.9 Å². The molecule has 0 atom stereocenters. The maximum Gasteiger partial charge on any atom is 0.302 e. The van der Waals surface area contributed by atoms with Crippen LogP contribution < -0.4 is 26.6 Å². The quantitative estimate of drug-likeness (QED) is 0.161. The molecule has 0 radical (unpaired) electrons. The van der Waals surface area contributed by atoms with Crippen molar-refractivity contribution in [1.29, 1.82) is 0 Å². The third-order valence-electron chi connectivity index (χ3n) is 5.51. The number of nitrogens with one attached hydrogen (secondary N) is 1. The van der Waals surface area contributed by atoms with Crippen LogP contribution in [0, 0.1) is 5.92 Å². The van der Waals surface area contributed by atoms with Gasteiger partial charge >= 0.3 is 5.91 Å². The van der Waals surface area contributed by atoms with E-state index >= 15 is 0 Å². The van der Waals surface area contributed by atoms with E-state index < -0.39 is 5.91 Å². The number of nitrogens with zero attached hydrogens (tertiary/aromatic N) is 9. The molecular weight excluding hydrogens is 575 g/mol. The molecule has 36 heavy (non-hydrogen) atoms. The van der Waals surface area contributed by atoms with Crippen LogP contribution in [0.4, 0.5) is 23.5 Å². The van der Waals surface area contributed by atoms with E-state index in [0.29, 0.717) is 40.1 Å². The molecule has 1 aliphatic heterocycles. The van der Waals surface area contributed by atoms with Crippen LogP contribution in [-0.2, 0) is 10.8 Å². The molecule has 1 fully saturated rings. The van der Waals surface area contributed by atoms with Gasteiger partial charge in [0.15, 0.2) is 23.3 Å². The van der Waals surface area contributed by atoms with Crippen molar-refractivity contribution < 1.29 is 4.79 Å². The number of guanidine groups is 1. The average Bonchev–Trinajstić information content (AvgIpc) is 2.83. The maximum absolute atomic E-state index is 12.9. The van der Waals surface area contributed by atoms with Gasteiger partial charge in [0.1, 0.15) is 5.82 Å². The lowest BCUT2D eigenvalue weighted by atomic mass is 10.2. The molecule has 3 heterocycles. The Hall–Kier alpha value is -2.88. The molecule has 0 aromatic carbocycles. The Morgan fingerprint density at radius 2 is 1.83 bits per heavy atom. The number of anilines is 4. The van der Waals surface area contributed by atoms with Crippen LogP contribution in [0.15, 0.2) is 4.99 Å². The van der Waals surface area contributed by atoms with Gasteiger partial charge in [0, 0.05) is 50.6 Å². The van der Waals surface area contributed by atoms with Crippen molar-refractivity contribution in [3.63, 3.8) is 0 Å². The molecule has 1 saturated heterocycles. The number of aliphatic imine (C=N–C) groups is 1. The molecule has 3 rings (SSSR count). The van der Waals surface area contributed by atoms with Crippen molar-refractivity contribution in [3.8, 4) is 0 Å². The number of alkyl halides is 1. The summed E-state index contributed by atoms with van der Waals surface area (Å²) in [5.74, 6) is 1.70. The summed E-state index contributed by atoms with van der Waals surface area (Å²) in [6, 6.07) is 0. The van der Waals surface area contributed by atoms with Crippen molar-refractivity contribution in [3.05, 3.63) is 17.2 Å². The predicted molar refractivity (Wildman–Crippen MR) is 150 cm³/mol. The van der Waals surface area contributed by atoms with Gasteiger partial charge in [-0.05, 0) is 13.0 Å². The standard InChI is InChI=1S/C22H35IN12O/c1-6-15-27-21(32-22(28-15)35-9-7-33(4)8-10-35)30-17-16(19(36)31-20(24)25)26-14(11-23)18(29-17)34(5)12-13(2)3/h13H,6-12H2,1-5H3,(H4,24,25,31,36)(H,27,28,29,30,32). The van der Waals surface area contributed by atoms with Crippen molar-refractivity contribution in [2.45, 2.75) is 31.6 Å². The Bertz CT molecular complexity index is 1100. The highest BCUT2D eigenvalue weighted by atomic mass is 127. The third kappa shape index (κ3) is 7.09. The van der Waals surface area contributed by atoms with Gasteiger partial charge in [-0.15, -0.1) is 0 Å². The molecule has 0 aliphatic carbocycles. The molecule has 2 aromatic rings. The van der Waals surface area contributed by atoms with E-state index in [-0.39, 0.29) is 23.4 Å². The topological polar surface area (TPSA) is 168 Å². The molecule has 2 aromatic heterocycles. The Morgan fingerprint density at radius 1 is 1.14 bits per heavy atom. The lowest BCUT2D eigenvalue weighted by Crippen LogP contribution is -2.45. The summed E-state index contributed by atoms with van der Waals surface area (Å²) >= 11 is 2.20. The lowest BCUT2D eigenvalue weighted by Gasteiger charge is -2.32. The smallest absolute Gasteiger partial charge is 0.302 e. The minimum absolute atomic E-state index is 0.00336. The molecule has 0 spiro atoms. The molecule has 0 unspecified atom stereocenters. The second-order valence-electron chi connectivity index (χ2n) is 9.09. The first-order chi connectivity index (χ1) is 17.1. The van der Waals surface area contributed by atoms with E-state index in [2.05, 4.69) is 83.5 Å². The number of hydrogen-bond donors (Lipinski definition) is 3. The largest absolute Gasteiger partial charge is 0.370 e. The monoisotopic (exact) mass is 610 g/mol. The molecule has 1 amide bonds. The van der Waals surface area contributed by atoms with E-state index in [1.165, 1.54) is 0 Å². The summed E-state index contributed by atoms with van der Waals surface area (Å²) in [6.45, 7) is 10.5. The molecule has 196 valence electrons. The maximum atomic E-state index is 12.9. The minimum Gasteiger partial charge on any atom is -0.370 e. The fourth-order valence-corrected chi connectivity index (χ4v) is 4.28. The number of aryl methyl sites for hydroxylation is 1. The predicted octanol–water partition coefficient (Wildman–Crippen LogP) is 1.16. The first kappa shape index (κ1) is 27.7. The number of carbonyl (C=O) groups is 1. The lowest BCUT2D eigenvalue weighted by molar-refractivity contribution is 0.0998. The van der Waals surface area contributed by atoms with Gasteiger partial charge in [-0.2, -0.15) is 19.9 Å². The van der Waals surface area contributed by atoms with E-state index in [0.717, 1.165) is 32.7 Å². The zero-order chi connectivity index (χ0) is 26.4. The summed E-state index contributed by atoms with van der Waals surface area (Å²) < 4.78 is 0.546. The molecule has 5 N–H and O–H groups in total. The molecule has 0 saturated carbocycles. The first-order valence-corrected chi connectivity index (χ1v) is 13.4. The number of aromatic nitrogens is 5. The number of likely N-dealkylation sites (N-methyl/N-ethyl adjacent to an activating group) is 1. The molecule has 1 aliphatic rings. The van der Waals surface area contributed by atoms with Crippen molar-refractivity contribution in [1.82, 2.24) is 29.8 Å². The second kappa shape index (κ2) is 12.4. The number of rotatable bonds is 9. The SMILES string of the molecule is CCc1nc(Nc2nc(N(C)CC(C)C)c(CI)nc2C(=O)N=C(N)N)nc(N2CCN(C)CC2)n1. The number of amides is 1. The summed E-state index contributed by atoms with van der Waals surface area (Å²) in [4.78, 5) is 46.2. The van der Waals surface area contributed by atoms with Crippen LogP contribution in [-0.4, -0.2) is 88.5 Å². The second-order valence-corrected chi connectivity index (χ2v) is 9.85. The highest BCUT2D eigenvalue weighted by Gasteiger charge is 2.24. The van der Waals surface area contributed by atoms with Gasteiger partial charge in [-0.1, -0.05) is 43.4 Å². The summed E-state index contributed by atoms with van der Waals surface area (Å²) in [5.41, 5.74) is 11.6. The van der Waals surface area contributed by atoms with Crippen molar-refractivity contribution in [2.75, 3.05) is 61.9 Å².